The summed E-state index contributed by atoms with van der Waals surface area (Å²) in [4.78, 5) is 9.22. The van der Waals surface area contributed by atoms with Gasteiger partial charge in [-0.25, -0.2) is 0 Å². The molecule has 0 amide bonds. The maximum absolute atomic E-state index is 5.96. The first-order chi connectivity index (χ1) is 10.1. The van der Waals surface area contributed by atoms with Crippen molar-refractivity contribution in [1.82, 2.24) is 19.9 Å². The molecule has 0 N–H and O–H groups in total. The van der Waals surface area contributed by atoms with Crippen molar-refractivity contribution in [1.29, 1.82) is 0 Å². The molecule has 21 heavy (non-hydrogen) atoms. The Kier molecular flexibility index (Phi) is 4.57. The lowest BCUT2D eigenvalue weighted by atomic mass is 10.0. The Morgan fingerprint density at radius 3 is 3.05 bits per heavy atom. The van der Waals surface area contributed by atoms with E-state index < -0.39 is 0 Å². The van der Waals surface area contributed by atoms with Crippen LogP contribution >= 0.6 is 0 Å². The van der Waals surface area contributed by atoms with E-state index in [1.54, 1.807) is 0 Å². The second-order valence-corrected chi connectivity index (χ2v) is 6.52. The lowest BCUT2D eigenvalue weighted by Gasteiger charge is -2.41. The molecule has 2 saturated heterocycles. The molecule has 0 spiro atoms. The van der Waals surface area contributed by atoms with E-state index in [0.717, 1.165) is 13.2 Å². The Bertz CT molecular complexity index is 462. The predicted octanol–water partition coefficient (Wildman–Crippen LogP) is 1.84. The molecule has 0 aliphatic carbocycles. The summed E-state index contributed by atoms with van der Waals surface area (Å²) in [5.74, 6) is 1.37. The van der Waals surface area contributed by atoms with Gasteiger partial charge < -0.3 is 9.26 Å². The monoisotopic (exact) mass is 294 g/mol. The SMILES string of the molecule is CC(C)N(C)Cc1nc(C2CN3CCCCC3CO2)no1. The number of aromatic nitrogens is 2. The van der Waals surface area contributed by atoms with Gasteiger partial charge in [0.2, 0.25) is 11.7 Å². The molecule has 0 saturated carbocycles. The fraction of sp³-hybridized carbons (Fsp3) is 0.867. The van der Waals surface area contributed by atoms with Crippen molar-refractivity contribution < 1.29 is 9.26 Å². The number of hydrogen-bond acceptors (Lipinski definition) is 6. The van der Waals surface area contributed by atoms with Crippen molar-refractivity contribution in [3.8, 4) is 0 Å². The van der Waals surface area contributed by atoms with Crippen LogP contribution in [0.4, 0.5) is 0 Å². The first-order valence-electron chi connectivity index (χ1n) is 8.02. The van der Waals surface area contributed by atoms with Gasteiger partial charge in [0.05, 0.1) is 13.2 Å². The second kappa shape index (κ2) is 6.42. The van der Waals surface area contributed by atoms with Crippen LogP contribution in [0.25, 0.3) is 0 Å². The first kappa shape index (κ1) is 14.9. The van der Waals surface area contributed by atoms with Crippen molar-refractivity contribution in [2.75, 3.05) is 26.7 Å². The predicted molar refractivity (Wildman–Crippen MR) is 78.8 cm³/mol. The van der Waals surface area contributed by atoms with Gasteiger partial charge >= 0.3 is 0 Å². The van der Waals surface area contributed by atoms with Crippen LogP contribution in [0.1, 0.15) is 50.9 Å². The molecule has 2 aliphatic rings. The molecule has 2 atom stereocenters. The number of piperidine rings is 1. The van der Waals surface area contributed by atoms with Crippen LogP contribution in [0.3, 0.4) is 0 Å². The second-order valence-electron chi connectivity index (χ2n) is 6.52. The minimum Gasteiger partial charge on any atom is -0.367 e. The van der Waals surface area contributed by atoms with E-state index in [1.807, 2.05) is 0 Å². The molecule has 3 heterocycles. The molecule has 2 aliphatic heterocycles. The van der Waals surface area contributed by atoms with Crippen LogP contribution in [0.2, 0.25) is 0 Å². The Hall–Kier alpha value is -0.980. The van der Waals surface area contributed by atoms with E-state index in [2.05, 4.69) is 40.8 Å². The van der Waals surface area contributed by atoms with E-state index in [4.69, 9.17) is 9.26 Å². The summed E-state index contributed by atoms with van der Waals surface area (Å²) in [6.45, 7) is 7.84. The summed E-state index contributed by atoms with van der Waals surface area (Å²) in [5.41, 5.74) is 0. The van der Waals surface area contributed by atoms with Crippen LogP contribution in [0.15, 0.2) is 4.52 Å². The van der Waals surface area contributed by atoms with E-state index in [1.165, 1.54) is 25.8 Å². The molecule has 1 aromatic heterocycles. The Morgan fingerprint density at radius 1 is 1.38 bits per heavy atom. The van der Waals surface area contributed by atoms with Gasteiger partial charge in [0.25, 0.3) is 0 Å². The summed E-state index contributed by atoms with van der Waals surface area (Å²) >= 11 is 0. The summed E-state index contributed by atoms with van der Waals surface area (Å²) in [7, 11) is 2.06. The van der Waals surface area contributed by atoms with Crippen LogP contribution in [0, 0.1) is 0 Å². The van der Waals surface area contributed by atoms with Crippen molar-refractivity contribution >= 4 is 0 Å². The average molecular weight is 294 g/mol. The topological polar surface area (TPSA) is 54.6 Å². The van der Waals surface area contributed by atoms with Gasteiger partial charge in [0.1, 0.15) is 6.10 Å². The molecular formula is C15H26N4O2. The van der Waals surface area contributed by atoms with Gasteiger partial charge in [-0.05, 0) is 40.3 Å². The quantitative estimate of drug-likeness (QED) is 0.844. The van der Waals surface area contributed by atoms with Crippen LogP contribution < -0.4 is 0 Å². The maximum atomic E-state index is 5.96. The number of fused-ring (bicyclic) bond motifs is 1. The number of nitrogens with zero attached hydrogens (tertiary/aromatic N) is 4. The molecule has 118 valence electrons. The van der Waals surface area contributed by atoms with Gasteiger partial charge in [0, 0.05) is 18.6 Å². The molecule has 6 heteroatoms. The third-order valence-electron chi connectivity index (χ3n) is 4.68. The number of ether oxygens (including phenoxy) is 1. The highest BCUT2D eigenvalue weighted by atomic mass is 16.5. The number of hydrogen-bond donors (Lipinski definition) is 0. The minimum absolute atomic E-state index is 0.0405. The molecule has 0 radical (unpaired) electrons. The zero-order chi connectivity index (χ0) is 14.8. The minimum atomic E-state index is -0.0405. The molecule has 0 aromatic carbocycles. The van der Waals surface area contributed by atoms with Crippen LogP contribution in [-0.2, 0) is 11.3 Å². The molecule has 0 bridgehead atoms. The highest BCUT2D eigenvalue weighted by Crippen LogP contribution is 2.28. The summed E-state index contributed by atoms with van der Waals surface area (Å²) in [5, 5.41) is 4.13. The third kappa shape index (κ3) is 3.44. The zero-order valence-corrected chi connectivity index (χ0v) is 13.3. The van der Waals surface area contributed by atoms with Crippen molar-refractivity contribution in [2.45, 2.75) is 57.8 Å². The van der Waals surface area contributed by atoms with E-state index >= 15 is 0 Å². The number of morpholine rings is 1. The van der Waals surface area contributed by atoms with E-state index in [0.29, 0.717) is 30.3 Å². The van der Waals surface area contributed by atoms with Gasteiger partial charge in [-0.3, -0.25) is 9.80 Å². The smallest absolute Gasteiger partial charge is 0.240 e. The average Bonchev–Trinajstić information content (AvgIpc) is 2.95. The van der Waals surface area contributed by atoms with E-state index in [9.17, 15) is 0 Å². The maximum Gasteiger partial charge on any atom is 0.240 e. The van der Waals surface area contributed by atoms with Crippen LogP contribution in [0.5, 0.6) is 0 Å². The third-order valence-corrected chi connectivity index (χ3v) is 4.68. The molecule has 6 nitrogen and oxygen atoms in total. The van der Waals surface area contributed by atoms with Crippen LogP contribution in [-0.4, -0.2) is 58.8 Å². The summed E-state index contributed by atoms with van der Waals surface area (Å²) < 4.78 is 11.3. The van der Waals surface area contributed by atoms with Crippen molar-refractivity contribution in [3.63, 3.8) is 0 Å². The normalized spacial score (nSPS) is 27.3. The lowest BCUT2D eigenvalue weighted by molar-refractivity contribution is -0.0805. The standard InChI is InChI=1S/C15H26N4O2/c1-11(2)18(3)9-14-16-15(17-21-14)13-8-19-7-5-4-6-12(19)10-20-13/h11-13H,4-10H2,1-3H3. The molecule has 2 unspecified atom stereocenters. The Labute approximate surface area is 126 Å². The van der Waals surface area contributed by atoms with Gasteiger partial charge in [-0.1, -0.05) is 11.6 Å². The summed E-state index contributed by atoms with van der Waals surface area (Å²) in [6, 6.07) is 1.05. The van der Waals surface area contributed by atoms with Crippen molar-refractivity contribution in [2.24, 2.45) is 0 Å². The highest BCUT2D eigenvalue weighted by molar-refractivity contribution is 4.96. The Morgan fingerprint density at radius 2 is 2.24 bits per heavy atom. The van der Waals surface area contributed by atoms with Crippen molar-refractivity contribution in [3.05, 3.63) is 11.7 Å². The molecule has 1 aromatic rings. The fourth-order valence-electron chi connectivity index (χ4n) is 3.00. The highest BCUT2D eigenvalue weighted by Gasteiger charge is 2.33. The zero-order valence-electron chi connectivity index (χ0n) is 13.3. The molecular weight excluding hydrogens is 268 g/mol. The van der Waals surface area contributed by atoms with Gasteiger partial charge in [-0.15, -0.1) is 0 Å². The fourth-order valence-corrected chi connectivity index (χ4v) is 3.00. The lowest BCUT2D eigenvalue weighted by Crippen LogP contribution is -2.49. The molecule has 3 rings (SSSR count). The number of rotatable bonds is 4. The largest absolute Gasteiger partial charge is 0.367 e. The summed E-state index contributed by atoms with van der Waals surface area (Å²) in [6.07, 6.45) is 3.83. The van der Waals surface area contributed by atoms with Gasteiger partial charge in [-0.2, -0.15) is 4.98 Å². The van der Waals surface area contributed by atoms with Gasteiger partial charge in [0.15, 0.2) is 0 Å². The molecule has 2 fully saturated rings. The Balaban J connectivity index is 1.61. The first-order valence-corrected chi connectivity index (χ1v) is 8.02. The van der Waals surface area contributed by atoms with E-state index in [-0.39, 0.29) is 6.10 Å².